The number of hydrogen-bond acceptors (Lipinski definition) is 3. The molecule has 0 spiro atoms. The molecule has 0 fully saturated rings. The number of nitrogens with one attached hydrogen (secondary N) is 1. The molecule has 22 heavy (non-hydrogen) atoms. The van der Waals surface area contributed by atoms with Crippen LogP contribution in [-0.4, -0.2) is 21.8 Å². The van der Waals surface area contributed by atoms with Crippen molar-refractivity contribution in [3.05, 3.63) is 66.7 Å². The second-order valence-corrected chi connectivity index (χ2v) is 4.92. The Balaban J connectivity index is 1.98. The number of benzene rings is 2. The Morgan fingerprint density at radius 1 is 1.09 bits per heavy atom. The lowest BCUT2D eigenvalue weighted by atomic mass is 10.1. The Morgan fingerprint density at radius 3 is 2.59 bits per heavy atom. The molecule has 4 heteroatoms. The van der Waals surface area contributed by atoms with Gasteiger partial charge in [-0.2, -0.15) is 5.10 Å². The van der Waals surface area contributed by atoms with Crippen molar-refractivity contribution in [3.63, 3.8) is 0 Å². The minimum absolute atomic E-state index is 0.450. The van der Waals surface area contributed by atoms with Crippen LogP contribution in [0, 0.1) is 6.92 Å². The summed E-state index contributed by atoms with van der Waals surface area (Å²) in [6, 6.07) is 15.8. The van der Waals surface area contributed by atoms with Crippen LogP contribution in [-0.2, 0) is 0 Å². The van der Waals surface area contributed by atoms with Gasteiger partial charge in [0.05, 0.1) is 5.56 Å². The van der Waals surface area contributed by atoms with E-state index >= 15 is 0 Å². The number of aryl methyl sites for hydroxylation is 1. The van der Waals surface area contributed by atoms with Gasteiger partial charge in [-0.3, -0.25) is 5.10 Å². The van der Waals surface area contributed by atoms with Gasteiger partial charge in [0.1, 0.15) is 12.4 Å². The topological polar surface area (TPSA) is 50.8 Å². The van der Waals surface area contributed by atoms with Crippen LogP contribution in [0.5, 0.6) is 5.75 Å². The smallest absolute Gasteiger partial charge is 0.185 e. The second kappa shape index (κ2) is 6.26. The van der Waals surface area contributed by atoms with E-state index in [0.717, 1.165) is 28.3 Å². The van der Waals surface area contributed by atoms with Crippen molar-refractivity contribution in [2.24, 2.45) is 0 Å². The molecule has 0 unspecified atom stereocenters. The van der Waals surface area contributed by atoms with Crippen molar-refractivity contribution in [1.82, 2.24) is 15.2 Å². The van der Waals surface area contributed by atoms with Crippen molar-refractivity contribution in [3.8, 4) is 28.5 Å². The average molecular weight is 291 g/mol. The van der Waals surface area contributed by atoms with E-state index in [1.807, 2.05) is 42.5 Å². The lowest BCUT2D eigenvalue weighted by molar-refractivity contribution is 0.364. The van der Waals surface area contributed by atoms with Gasteiger partial charge in [-0.1, -0.05) is 49.1 Å². The number of ether oxygens (including phenoxy) is 1. The first kappa shape index (κ1) is 14.1. The third-order valence-electron chi connectivity index (χ3n) is 3.37. The van der Waals surface area contributed by atoms with E-state index < -0.39 is 0 Å². The normalized spacial score (nSPS) is 10.4. The van der Waals surface area contributed by atoms with Crippen LogP contribution < -0.4 is 4.74 Å². The van der Waals surface area contributed by atoms with Gasteiger partial charge in [0.25, 0.3) is 0 Å². The number of rotatable bonds is 5. The molecule has 0 aliphatic carbocycles. The van der Waals surface area contributed by atoms with E-state index in [2.05, 4.69) is 34.8 Å². The summed E-state index contributed by atoms with van der Waals surface area (Å²) in [5.41, 5.74) is 3.06. The summed E-state index contributed by atoms with van der Waals surface area (Å²) in [5, 5.41) is 7.34. The molecule has 0 atom stereocenters. The molecular weight excluding hydrogens is 274 g/mol. The van der Waals surface area contributed by atoms with Gasteiger partial charge in [-0.05, 0) is 24.6 Å². The lowest BCUT2D eigenvalue weighted by Gasteiger charge is -2.06. The number of hydrogen-bond donors (Lipinski definition) is 1. The molecule has 1 heterocycles. The Kier molecular flexibility index (Phi) is 4.01. The van der Waals surface area contributed by atoms with E-state index in [1.165, 1.54) is 0 Å². The highest BCUT2D eigenvalue weighted by molar-refractivity contribution is 5.67. The predicted octanol–water partition coefficient (Wildman–Crippen LogP) is 4.01. The summed E-state index contributed by atoms with van der Waals surface area (Å²) in [4.78, 5) is 4.61. The van der Waals surface area contributed by atoms with Crippen LogP contribution >= 0.6 is 0 Å². The quantitative estimate of drug-likeness (QED) is 0.722. The van der Waals surface area contributed by atoms with Gasteiger partial charge < -0.3 is 4.74 Å². The number of nitrogens with zero attached hydrogens (tertiary/aromatic N) is 2. The van der Waals surface area contributed by atoms with Crippen LogP contribution in [0.4, 0.5) is 0 Å². The summed E-state index contributed by atoms with van der Waals surface area (Å²) < 4.78 is 5.67. The van der Waals surface area contributed by atoms with E-state index in [4.69, 9.17) is 4.74 Å². The molecule has 1 aromatic heterocycles. The zero-order chi connectivity index (χ0) is 15.4. The van der Waals surface area contributed by atoms with Gasteiger partial charge in [0.15, 0.2) is 11.6 Å². The first-order valence-electron chi connectivity index (χ1n) is 7.11. The molecule has 0 bridgehead atoms. The number of aromatic amines is 1. The zero-order valence-corrected chi connectivity index (χ0v) is 12.4. The van der Waals surface area contributed by atoms with Crippen LogP contribution in [0.2, 0.25) is 0 Å². The molecule has 0 aliphatic heterocycles. The van der Waals surface area contributed by atoms with Gasteiger partial charge >= 0.3 is 0 Å². The standard InChI is InChI=1S/C18H17N3O/c1-3-12-22-16-11-7-6-10-15(16)18-19-17(20-21-18)14-9-5-4-8-13(14)2/h3-11H,1,12H2,2H3,(H,19,20,21). The molecule has 0 aliphatic rings. The van der Waals surface area contributed by atoms with Crippen molar-refractivity contribution in [2.45, 2.75) is 6.92 Å². The summed E-state index contributed by atoms with van der Waals surface area (Å²) in [6.45, 7) is 6.17. The third-order valence-corrected chi connectivity index (χ3v) is 3.37. The molecule has 4 nitrogen and oxygen atoms in total. The fourth-order valence-corrected chi connectivity index (χ4v) is 2.27. The Labute approximate surface area is 129 Å². The fourth-order valence-electron chi connectivity index (χ4n) is 2.27. The molecule has 0 amide bonds. The largest absolute Gasteiger partial charge is 0.489 e. The fraction of sp³-hybridized carbons (Fsp3) is 0.111. The molecular formula is C18H17N3O. The van der Waals surface area contributed by atoms with E-state index in [9.17, 15) is 0 Å². The molecule has 0 saturated carbocycles. The van der Waals surface area contributed by atoms with Gasteiger partial charge in [-0.25, -0.2) is 4.98 Å². The number of aromatic nitrogens is 3. The number of para-hydroxylation sites is 1. The van der Waals surface area contributed by atoms with Crippen molar-refractivity contribution in [2.75, 3.05) is 6.61 Å². The SMILES string of the molecule is C=CCOc1ccccc1-c1n[nH]c(-c2ccccc2C)n1. The Hall–Kier alpha value is -2.88. The minimum atomic E-state index is 0.450. The van der Waals surface area contributed by atoms with Crippen LogP contribution in [0.25, 0.3) is 22.8 Å². The maximum atomic E-state index is 5.67. The Bertz CT molecular complexity index is 792. The Morgan fingerprint density at radius 2 is 1.82 bits per heavy atom. The first-order chi connectivity index (χ1) is 10.8. The molecule has 2 aromatic carbocycles. The molecule has 3 aromatic rings. The highest BCUT2D eigenvalue weighted by Gasteiger charge is 2.13. The van der Waals surface area contributed by atoms with Gasteiger partial charge in [-0.15, -0.1) is 0 Å². The molecule has 3 rings (SSSR count). The average Bonchev–Trinajstić information content (AvgIpc) is 3.03. The lowest BCUT2D eigenvalue weighted by Crippen LogP contribution is -1.95. The van der Waals surface area contributed by atoms with Gasteiger partial charge in [0.2, 0.25) is 0 Å². The summed E-state index contributed by atoms with van der Waals surface area (Å²) >= 11 is 0. The molecule has 0 saturated heterocycles. The summed E-state index contributed by atoms with van der Waals surface area (Å²) in [5.74, 6) is 2.13. The third kappa shape index (κ3) is 2.76. The first-order valence-corrected chi connectivity index (χ1v) is 7.11. The van der Waals surface area contributed by atoms with E-state index in [0.29, 0.717) is 12.4 Å². The predicted molar refractivity (Wildman–Crippen MR) is 87.7 cm³/mol. The molecule has 1 N–H and O–H groups in total. The number of H-pyrrole nitrogens is 1. The maximum Gasteiger partial charge on any atom is 0.185 e. The zero-order valence-electron chi connectivity index (χ0n) is 12.4. The van der Waals surface area contributed by atoms with Gasteiger partial charge in [0, 0.05) is 5.56 Å². The molecule has 0 radical (unpaired) electrons. The van der Waals surface area contributed by atoms with Crippen LogP contribution in [0.15, 0.2) is 61.2 Å². The highest BCUT2D eigenvalue weighted by Crippen LogP contribution is 2.29. The minimum Gasteiger partial charge on any atom is -0.489 e. The maximum absolute atomic E-state index is 5.67. The monoisotopic (exact) mass is 291 g/mol. The highest BCUT2D eigenvalue weighted by atomic mass is 16.5. The van der Waals surface area contributed by atoms with Crippen molar-refractivity contribution in [1.29, 1.82) is 0 Å². The second-order valence-electron chi connectivity index (χ2n) is 4.92. The summed E-state index contributed by atoms with van der Waals surface area (Å²) in [6.07, 6.45) is 1.72. The van der Waals surface area contributed by atoms with Crippen molar-refractivity contribution < 1.29 is 4.74 Å². The van der Waals surface area contributed by atoms with E-state index in [-0.39, 0.29) is 0 Å². The molecule has 110 valence electrons. The van der Waals surface area contributed by atoms with Crippen molar-refractivity contribution >= 4 is 0 Å². The van der Waals surface area contributed by atoms with Crippen LogP contribution in [0.1, 0.15) is 5.56 Å². The van der Waals surface area contributed by atoms with Crippen LogP contribution in [0.3, 0.4) is 0 Å². The van der Waals surface area contributed by atoms with E-state index in [1.54, 1.807) is 6.08 Å². The summed E-state index contributed by atoms with van der Waals surface area (Å²) in [7, 11) is 0.